The van der Waals surface area contributed by atoms with Crippen molar-refractivity contribution in [3.8, 4) is 0 Å². The zero-order chi connectivity index (χ0) is 19.4. The zero-order valence-corrected chi connectivity index (χ0v) is 16.8. The third-order valence-corrected chi connectivity index (χ3v) is 5.52. The van der Waals surface area contributed by atoms with Gasteiger partial charge in [-0.1, -0.05) is 11.8 Å². The van der Waals surface area contributed by atoms with Crippen molar-refractivity contribution < 1.29 is 9.53 Å². The molecule has 0 aliphatic carbocycles. The van der Waals surface area contributed by atoms with E-state index in [1.54, 1.807) is 14.0 Å². The highest BCUT2D eigenvalue weighted by molar-refractivity contribution is 7.99. The van der Waals surface area contributed by atoms with E-state index < -0.39 is 0 Å². The molecule has 2 aromatic rings. The molecule has 9 nitrogen and oxygen atoms in total. The number of imidazole rings is 1. The van der Waals surface area contributed by atoms with Crippen LogP contribution in [0, 0.1) is 0 Å². The van der Waals surface area contributed by atoms with Gasteiger partial charge in [-0.25, -0.2) is 4.98 Å². The molecular formula is C17H26N6O3S. The van der Waals surface area contributed by atoms with Gasteiger partial charge in [-0.3, -0.25) is 14.2 Å². The summed E-state index contributed by atoms with van der Waals surface area (Å²) in [7, 11) is 1.71. The maximum atomic E-state index is 13.0. The van der Waals surface area contributed by atoms with E-state index in [1.165, 1.54) is 16.3 Å². The minimum atomic E-state index is -0.243. The van der Waals surface area contributed by atoms with Gasteiger partial charge in [-0.15, -0.1) is 0 Å². The first kappa shape index (κ1) is 19.7. The first-order valence-electron chi connectivity index (χ1n) is 9.28. The second kappa shape index (κ2) is 8.75. The van der Waals surface area contributed by atoms with Crippen LogP contribution in [0.2, 0.25) is 0 Å². The molecule has 0 atom stereocenters. The summed E-state index contributed by atoms with van der Waals surface area (Å²) < 4.78 is 8.42. The van der Waals surface area contributed by atoms with Gasteiger partial charge in [0.2, 0.25) is 5.95 Å². The molecule has 27 heavy (non-hydrogen) atoms. The molecule has 3 rings (SSSR count). The zero-order valence-electron chi connectivity index (χ0n) is 16.0. The van der Waals surface area contributed by atoms with Gasteiger partial charge in [0.15, 0.2) is 16.3 Å². The number of ether oxygens (including phenoxy) is 1. The van der Waals surface area contributed by atoms with Crippen LogP contribution in [0.15, 0.2) is 9.95 Å². The van der Waals surface area contributed by atoms with Crippen LogP contribution in [0.4, 0.5) is 5.95 Å². The third-order valence-electron chi connectivity index (χ3n) is 4.48. The first-order chi connectivity index (χ1) is 13.1. The normalized spacial score (nSPS) is 14.7. The van der Waals surface area contributed by atoms with E-state index >= 15 is 0 Å². The number of piperazine rings is 1. The van der Waals surface area contributed by atoms with Crippen molar-refractivity contribution in [3.63, 3.8) is 0 Å². The fourth-order valence-corrected chi connectivity index (χ4v) is 4.00. The van der Waals surface area contributed by atoms with Gasteiger partial charge in [0.25, 0.3) is 5.56 Å². The number of carbonyl (C=O) groups excluding carboxylic acids is 1. The van der Waals surface area contributed by atoms with Crippen molar-refractivity contribution in [1.29, 1.82) is 0 Å². The van der Waals surface area contributed by atoms with E-state index in [4.69, 9.17) is 4.74 Å². The Hall–Kier alpha value is -2.07. The van der Waals surface area contributed by atoms with Gasteiger partial charge in [-0.05, 0) is 13.8 Å². The monoisotopic (exact) mass is 394 g/mol. The van der Waals surface area contributed by atoms with E-state index in [0.717, 1.165) is 32.1 Å². The van der Waals surface area contributed by atoms with Gasteiger partial charge >= 0.3 is 5.97 Å². The molecule has 0 unspecified atom stereocenters. The smallest absolute Gasteiger partial charge is 0.306 e. The molecule has 1 fully saturated rings. The highest BCUT2D eigenvalue weighted by Crippen LogP contribution is 2.23. The second-order valence-electron chi connectivity index (χ2n) is 6.23. The van der Waals surface area contributed by atoms with E-state index in [-0.39, 0.29) is 17.9 Å². The predicted molar refractivity (Wildman–Crippen MR) is 105 cm³/mol. The number of fused-ring (bicyclic) bond motifs is 1. The largest absolute Gasteiger partial charge is 0.466 e. The standard InChI is InChI=1S/C17H26N6O3S/c1-4-23-13-14(19-16(23)22-9-7-18-8-10-22)20-17(21(3)15(13)25)27-11-6-12(24)26-5-2/h18H,4-11H2,1-3H3. The molecule has 1 saturated heterocycles. The summed E-state index contributed by atoms with van der Waals surface area (Å²) in [5.41, 5.74) is 0.879. The Morgan fingerprint density at radius 2 is 2.00 bits per heavy atom. The van der Waals surface area contributed by atoms with Crippen molar-refractivity contribution in [2.45, 2.75) is 32.0 Å². The molecule has 10 heteroatoms. The molecule has 0 radical (unpaired) electrons. The Kier molecular flexibility index (Phi) is 6.38. The third kappa shape index (κ3) is 4.11. The number of hydrogen-bond acceptors (Lipinski definition) is 8. The molecule has 1 N–H and O–H groups in total. The van der Waals surface area contributed by atoms with Crippen molar-refractivity contribution in [2.24, 2.45) is 7.05 Å². The molecule has 0 aromatic carbocycles. The number of hydrogen-bond donors (Lipinski definition) is 1. The van der Waals surface area contributed by atoms with Crippen LogP contribution in [0.25, 0.3) is 11.2 Å². The Morgan fingerprint density at radius 1 is 1.26 bits per heavy atom. The van der Waals surface area contributed by atoms with E-state index in [0.29, 0.717) is 35.2 Å². The molecule has 2 aromatic heterocycles. The topological polar surface area (TPSA) is 94.3 Å². The van der Waals surface area contributed by atoms with Crippen molar-refractivity contribution >= 4 is 34.8 Å². The van der Waals surface area contributed by atoms with Crippen molar-refractivity contribution in [1.82, 2.24) is 24.4 Å². The summed E-state index contributed by atoms with van der Waals surface area (Å²) in [6.07, 6.45) is 0.280. The molecule has 3 heterocycles. The maximum Gasteiger partial charge on any atom is 0.306 e. The molecule has 0 bridgehead atoms. The lowest BCUT2D eigenvalue weighted by Crippen LogP contribution is -2.44. The van der Waals surface area contributed by atoms with Crippen LogP contribution >= 0.6 is 11.8 Å². The Balaban J connectivity index is 1.91. The van der Waals surface area contributed by atoms with Crippen molar-refractivity contribution in [3.05, 3.63) is 10.4 Å². The lowest BCUT2D eigenvalue weighted by molar-refractivity contribution is -0.142. The minimum absolute atomic E-state index is 0.116. The Labute approximate surface area is 162 Å². The lowest BCUT2D eigenvalue weighted by atomic mass is 10.4. The summed E-state index contributed by atoms with van der Waals surface area (Å²) in [5.74, 6) is 1.06. The van der Waals surface area contributed by atoms with Crippen LogP contribution in [-0.4, -0.2) is 63.6 Å². The molecule has 0 amide bonds. The summed E-state index contributed by atoms with van der Waals surface area (Å²) in [4.78, 5) is 35.9. The van der Waals surface area contributed by atoms with Gasteiger partial charge in [0.05, 0.1) is 13.0 Å². The molecule has 0 spiro atoms. The highest BCUT2D eigenvalue weighted by Gasteiger charge is 2.22. The van der Waals surface area contributed by atoms with Gasteiger partial charge < -0.3 is 19.5 Å². The van der Waals surface area contributed by atoms with Crippen LogP contribution in [0.3, 0.4) is 0 Å². The number of aromatic nitrogens is 4. The number of aryl methyl sites for hydroxylation is 1. The van der Waals surface area contributed by atoms with Crippen LogP contribution in [-0.2, 0) is 23.1 Å². The maximum absolute atomic E-state index is 13.0. The summed E-state index contributed by atoms with van der Waals surface area (Å²) >= 11 is 1.37. The highest BCUT2D eigenvalue weighted by atomic mass is 32.2. The van der Waals surface area contributed by atoms with E-state index in [9.17, 15) is 9.59 Å². The molecule has 1 aliphatic rings. The van der Waals surface area contributed by atoms with Crippen molar-refractivity contribution in [2.75, 3.05) is 43.4 Å². The number of esters is 1. The average Bonchev–Trinajstić information content (AvgIpc) is 3.05. The molecule has 0 saturated carbocycles. The first-order valence-corrected chi connectivity index (χ1v) is 10.3. The van der Waals surface area contributed by atoms with E-state index in [1.807, 2.05) is 11.5 Å². The fourth-order valence-electron chi connectivity index (χ4n) is 3.12. The molecule has 1 aliphatic heterocycles. The lowest BCUT2D eigenvalue weighted by Gasteiger charge is -2.28. The predicted octanol–water partition coefficient (Wildman–Crippen LogP) is 0.605. The Bertz CT molecular complexity index is 872. The number of rotatable bonds is 7. The van der Waals surface area contributed by atoms with Crippen LogP contribution < -0.4 is 15.8 Å². The van der Waals surface area contributed by atoms with E-state index in [2.05, 4.69) is 20.2 Å². The van der Waals surface area contributed by atoms with Crippen LogP contribution in [0.5, 0.6) is 0 Å². The van der Waals surface area contributed by atoms with Gasteiger partial charge in [-0.2, -0.15) is 4.98 Å². The number of nitrogens with zero attached hydrogens (tertiary/aromatic N) is 5. The van der Waals surface area contributed by atoms with Crippen LogP contribution in [0.1, 0.15) is 20.3 Å². The molecule has 148 valence electrons. The number of anilines is 1. The number of carbonyl (C=O) groups is 1. The average molecular weight is 395 g/mol. The summed E-state index contributed by atoms with van der Waals surface area (Å²) in [6.45, 7) is 8.31. The van der Waals surface area contributed by atoms with Gasteiger partial charge in [0, 0.05) is 45.5 Å². The fraction of sp³-hybridized carbons (Fsp3) is 0.647. The number of nitrogens with one attached hydrogen (secondary N) is 1. The Morgan fingerprint density at radius 3 is 2.67 bits per heavy atom. The summed E-state index contributed by atoms with van der Waals surface area (Å²) in [5, 5.41) is 3.88. The number of thioether (sulfide) groups is 1. The quantitative estimate of drug-likeness (QED) is 0.415. The minimum Gasteiger partial charge on any atom is -0.466 e. The summed E-state index contributed by atoms with van der Waals surface area (Å²) in [6, 6.07) is 0. The molecular weight excluding hydrogens is 368 g/mol. The van der Waals surface area contributed by atoms with Gasteiger partial charge in [0.1, 0.15) is 0 Å². The SMILES string of the molecule is CCOC(=O)CCSc1nc2nc(N3CCNCC3)n(CC)c2c(=O)n1C. The second-order valence-corrected chi connectivity index (χ2v) is 7.29.